The highest BCUT2D eigenvalue weighted by Crippen LogP contribution is 2.11. The number of nitriles is 1. The molecule has 1 amide bonds. The number of carbonyl (C=O) groups excluding carboxylic acids is 1. The molecule has 0 fully saturated rings. The lowest BCUT2D eigenvalue weighted by molar-refractivity contribution is -0.118. The lowest BCUT2D eigenvalue weighted by atomic mass is 10.00. The maximum Gasteiger partial charge on any atom is 0.242 e. The standard InChI is InChI=1S/C13H11N3O2/c14-7-11(6-10-4-2-1-3-5-10)13(17)16-12-8-15-18-9-12/h1-5,8-9,11H,6H2,(H,16,17). The van der Waals surface area contributed by atoms with Crippen LogP contribution in [0.5, 0.6) is 0 Å². The van der Waals surface area contributed by atoms with Crippen LogP contribution in [-0.2, 0) is 11.2 Å². The summed E-state index contributed by atoms with van der Waals surface area (Å²) < 4.78 is 4.60. The van der Waals surface area contributed by atoms with Crippen molar-refractivity contribution in [3.05, 3.63) is 48.4 Å². The molecule has 1 unspecified atom stereocenters. The van der Waals surface area contributed by atoms with Crippen LogP contribution in [0.3, 0.4) is 0 Å². The van der Waals surface area contributed by atoms with Crippen molar-refractivity contribution < 1.29 is 9.32 Å². The molecule has 1 aromatic carbocycles. The molecular formula is C13H11N3O2. The third kappa shape index (κ3) is 2.95. The van der Waals surface area contributed by atoms with Gasteiger partial charge in [-0.25, -0.2) is 0 Å². The molecule has 0 saturated carbocycles. The number of nitrogens with one attached hydrogen (secondary N) is 1. The summed E-state index contributed by atoms with van der Waals surface area (Å²) >= 11 is 0. The van der Waals surface area contributed by atoms with Crippen molar-refractivity contribution in [2.45, 2.75) is 6.42 Å². The fourth-order valence-corrected chi connectivity index (χ4v) is 1.54. The molecule has 0 bridgehead atoms. The topological polar surface area (TPSA) is 78.9 Å². The smallest absolute Gasteiger partial charge is 0.242 e. The Balaban J connectivity index is 2.01. The summed E-state index contributed by atoms with van der Waals surface area (Å²) in [4.78, 5) is 11.8. The Labute approximate surface area is 104 Å². The number of hydrogen-bond acceptors (Lipinski definition) is 4. The second kappa shape index (κ2) is 5.64. The second-order valence-electron chi connectivity index (χ2n) is 3.77. The number of aromatic nitrogens is 1. The monoisotopic (exact) mass is 241 g/mol. The first kappa shape index (κ1) is 11.9. The molecular weight excluding hydrogens is 230 g/mol. The van der Waals surface area contributed by atoms with E-state index in [1.807, 2.05) is 36.4 Å². The molecule has 1 atom stereocenters. The molecule has 5 nitrogen and oxygen atoms in total. The molecule has 1 N–H and O–H groups in total. The van der Waals surface area contributed by atoms with Crippen molar-refractivity contribution in [1.82, 2.24) is 5.16 Å². The van der Waals surface area contributed by atoms with Crippen LogP contribution in [0.1, 0.15) is 5.56 Å². The van der Waals surface area contributed by atoms with Gasteiger partial charge in [-0.2, -0.15) is 5.26 Å². The summed E-state index contributed by atoms with van der Waals surface area (Å²) in [6.45, 7) is 0. The molecule has 0 radical (unpaired) electrons. The van der Waals surface area contributed by atoms with Gasteiger partial charge in [0.2, 0.25) is 5.91 Å². The number of anilines is 1. The Kier molecular flexibility index (Phi) is 3.72. The van der Waals surface area contributed by atoms with E-state index < -0.39 is 5.92 Å². The predicted molar refractivity (Wildman–Crippen MR) is 64.4 cm³/mol. The van der Waals surface area contributed by atoms with Crippen molar-refractivity contribution in [2.75, 3.05) is 5.32 Å². The largest absolute Gasteiger partial charge is 0.363 e. The number of hydrogen-bond donors (Lipinski definition) is 1. The molecule has 2 aromatic rings. The van der Waals surface area contributed by atoms with Crippen LogP contribution in [0.25, 0.3) is 0 Å². The molecule has 0 aliphatic carbocycles. The molecule has 90 valence electrons. The summed E-state index contributed by atoms with van der Waals surface area (Å²) in [6.07, 6.45) is 3.08. The summed E-state index contributed by atoms with van der Waals surface area (Å²) in [6, 6.07) is 11.4. The zero-order valence-corrected chi connectivity index (χ0v) is 9.54. The van der Waals surface area contributed by atoms with Crippen LogP contribution in [0, 0.1) is 17.2 Å². The van der Waals surface area contributed by atoms with E-state index in [-0.39, 0.29) is 5.91 Å². The van der Waals surface area contributed by atoms with Gasteiger partial charge in [-0.05, 0) is 12.0 Å². The van der Waals surface area contributed by atoms with E-state index in [4.69, 9.17) is 5.26 Å². The van der Waals surface area contributed by atoms with Crippen molar-refractivity contribution in [3.8, 4) is 6.07 Å². The molecule has 2 rings (SSSR count). The van der Waals surface area contributed by atoms with Gasteiger partial charge >= 0.3 is 0 Å². The molecule has 0 saturated heterocycles. The van der Waals surface area contributed by atoms with Crippen LogP contribution in [0.2, 0.25) is 0 Å². The Morgan fingerprint density at radius 3 is 2.83 bits per heavy atom. The van der Waals surface area contributed by atoms with Gasteiger partial charge in [-0.3, -0.25) is 4.79 Å². The Morgan fingerprint density at radius 1 is 1.44 bits per heavy atom. The van der Waals surface area contributed by atoms with Gasteiger partial charge in [0.05, 0.1) is 12.3 Å². The normalized spacial score (nSPS) is 11.5. The van der Waals surface area contributed by atoms with E-state index in [1.165, 1.54) is 12.5 Å². The van der Waals surface area contributed by atoms with E-state index in [2.05, 4.69) is 15.0 Å². The van der Waals surface area contributed by atoms with Crippen LogP contribution in [-0.4, -0.2) is 11.1 Å². The van der Waals surface area contributed by atoms with E-state index in [9.17, 15) is 4.79 Å². The highest BCUT2D eigenvalue weighted by molar-refractivity contribution is 5.93. The van der Waals surface area contributed by atoms with E-state index in [0.29, 0.717) is 12.1 Å². The minimum Gasteiger partial charge on any atom is -0.363 e. The zero-order valence-electron chi connectivity index (χ0n) is 9.54. The minimum absolute atomic E-state index is 0.357. The zero-order chi connectivity index (χ0) is 12.8. The van der Waals surface area contributed by atoms with Gasteiger partial charge in [-0.1, -0.05) is 35.5 Å². The lowest BCUT2D eigenvalue weighted by Gasteiger charge is -2.08. The lowest BCUT2D eigenvalue weighted by Crippen LogP contribution is -2.23. The Bertz CT molecular complexity index is 543. The van der Waals surface area contributed by atoms with Crippen LogP contribution in [0.15, 0.2) is 47.3 Å². The van der Waals surface area contributed by atoms with E-state index >= 15 is 0 Å². The van der Waals surface area contributed by atoms with Gasteiger partial charge in [0.25, 0.3) is 0 Å². The first-order chi connectivity index (χ1) is 8.79. The van der Waals surface area contributed by atoms with Gasteiger partial charge < -0.3 is 9.84 Å². The van der Waals surface area contributed by atoms with Gasteiger partial charge in [-0.15, -0.1) is 0 Å². The van der Waals surface area contributed by atoms with E-state index in [0.717, 1.165) is 5.56 Å². The summed E-state index contributed by atoms with van der Waals surface area (Å²) in [5, 5.41) is 15.1. The summed E-state index contributed by atoms with van der Waals surface area (Å²) in [5.41, 5.74) is 1.40. The highest BCUT2D eigenvalue weighted by Gasteiger charge is 2.18. The third-order valence-corrected chi connectivity index (χ3v) is 2.45. The minimum atomic E-state index is -0.734. The maximum absolute atomic E-state index is 11.8. The quantitative estimate of drug-likeness (QED) is 0.887. The molecule has 1 aromatic heterocycles. The maximum atomic E-state index is 11.8. The molecule has 0 aliphatic rings. The summed E-state index contributed by atoms with van der Waals surface area (Å²) in [5.74, 6) is -1.09. The Morgan fingerprint density at radius 2 is 2.22 bits per heavy atom. The molecule has 1 heterocycles. The van der Waals surface area contributed by atoms with Gasteiger partial charge in [0, 0.05) is 0 Å². The average molecular weight is 241 g/mol. The van der Waals surface area contributed by atoms with Crippen LogP contribution in [0.4, 0.5) is 5.69 Å². The first-order valence-corrected chi connectivity index (χ1v) is 5.43. The Hall–Kier alpha value is -2.61. The second-order valence-corrected chi connectivity index (χ2v) is 3.77. The third-order valence-electron chi connectivity index (χ3n) is 2.45. The van der Waals surface area contributed by atoms with E-state index in [1.54, 1.807) is 0 Å². The van der Waals surface area contributed by atoms with Crippen molar-refractivity contribution >= 4 is 11.6 Å². The predicted octanol–water partition coefficient (Wildman–Crippen LogP) is 2.00. The van der Waals surface area contributed by atoms with Crippen molar-refractivity contribution in [3.63, 3.8) is 0 Å². The fraction of sp³-hybridized carbons (Fsp3) is 0.154. The number of amides is 1. The SMILES string of the molecule is N#CC(Cc1ccccc1)C(=O)Nc1cnoc1. The van der Waals surface area contributed by atoms with Crippen LogP contribution < -0.4 is 5.32 Å². The highest BCUT2D eigenvalue weighted by atomic mass is 16.5. The van der Waals surface area contributed by atoms with Gasteiger partial charge in [0.1, 0.15) is 17.9 Å². The van der Waals surface area contributed by atoms with Crippen molar-refractivity contribution in [1.29, 1.82) is 5.26 Å². The molecule has 0 spiro atoms. The fourth-order valence-electron chi connectivity index (χ4n) is 1.54. The van der Waals surface area contributed by atoms with Crippen molar-refractivity contribution in [2.24, 2.45) is 5.92 Å². The molecule has 18 heavy (non-hydrogen) atoms. The number of rotatable bonds is 4. The number of benzene rings is 1. The number of nitrogens with zero attached hydrogens (tertiary/aromatic N) is 2. The molecule has 0 aliphatic heterocycles. The van der Waals surface area contributed by atoms with Gasteiger partial charge in [0.15, 0.2) is 0 Å². The van der Waals surface area contributed by atoms with Crippen LogP contribution >= 0.6 is 0 Å². The first-order valence-electron chi connectivity index (χ1n) is 5.43. The molecule has 5 heteroatoms. The summed E-state index contributed by atoms with van der Waals surface area (Å²) in [7, 11) is 0. The number of carbonyl (C=O) groups is 1. The average Bonchev–Trinajstić information content (AvgIpc) is 2.90.